The Morgan fingerprint density at radius 3 is 2.57 bits per heavy atom. The van der Waals surface area contributed by atoms with Crippen LogP contribution in [0.5, 0.6) is 0 Å². The molecule has 3 heterocycles. The van der Waals surface area contributed by atoms with E-state index in [1.54, 1.807) is 34.8 Å². The van der Waals surface area contributed by atoms with E-state index in [1.165, 1.54) is 6.33 Å². The molecule has 0 amide bonds. The third-order valence-electron chi connectivity index (χ3n) is 5.22. The molecular weight excluding hydrogens is 390 g/mol. The van der Waals surface area contributed by atoms with Gasteiger partial charge < -0.3 is 28.6 Å². The van der Waals surface area contributed by atoms with Crippen LogP contribution in [0.15, 0.2) is 24.3 Å². The molecule has 0 aromatic carbocycles. The van der Waals surface area contributed by atoms with Crippen molar-refractivity contribution >= 4 is 17.0 Å². The second-order valence-corrected chi connectivity index (χ2v) is 7.31. The van der Waals surface area contributed by atoms with Gasteiger partial charge in [0.1, 0.15) is 24.6 Å². The van der Waals surface area contributed by atoms with E-state index in [-0.39, 0.29) is 18.3 Å². The number of imidazole rings is 1. The van der Waals surface area contributed by atoms with Crippen molar-refractivity contribution in [3.05, 3.63) is 24.3 Å². The van der Waals surface area contributed by atoms with Crippen LogP contribution < -0.4 is 4.90 Å². The van der Waals surface area contributed by atoms with Gasteiger partial charge in [0.2, 0.25) is 0 Å². The molecule has 0 saturated carbocycles. The summed E-state index contributed by atoms with van der Waals surface area (Å²) >= 11 is 0. The molecule has 0 spiro atoms. The summed E-state index contributed by atoms with van der Waals surface area (Å²) in [5.41, 5.74) is 2.52. The second-order valence-electron chi connectivity index (χ2n) is 7.31. The Balaban J connectivity index is 1.90. The summed E-state index contributed by atoms with van der Waals surface area (Å²) in [6, 6.07) is 0. The van der Waals surface area contributed by atoms with E-state index in [9.17, 15) is 0 Å². The fourth-order valence-electron chi connectivity index (χ4n) is 3.74. The molecule has 3 rings (SSSR count). The monoisotopic (exact) mass is 421 g/mol. The fourth-order valence-corrected chi connectivity index (χ4v) is 3.74. The number of aromatic nitrogens is 4. The van der Waals surface area contributed by atoms with Crippen LogP contribution in [-0.2, 0) is 23.7 Å². The minimum absolute atomic E-state index is 0.259. The molecule has 2 unspecified atom stereocenters. The van der Waals surface area contributed by atoms with Gasteiger partial charge in [0.25, 0.3) is 0 Å². The lowest BCUT2D eigenvalue weighted by atomic mass is 10.1. The molecular formula is C20H31N5O5. The Morgan fingerprint density at radius 2 is 1.90 bits per heavy atom. The SMILES string of the molecule is COC/C(C)=C/CN(C)c1ncnc2c1ncn2[C@H]1O[C@@H](COC)C(OC)C1OC. The Morgan fingerprint density at radius 1 is 1.13 bits per heavy atom. The highest BCUT2D eigenvalue weighted by Gasteiger charge is 2.46. The molecule has 4 atom stereocenters. The number of rotatable bonds is 10. The zero-order valence-corrected chi connectivity index (χ0v) is 18.4. The number of likely N-dealkylation sites (N-methyl/N-ethyl adjacent to an activating group) is 1. The largest absolute Gasteiger partial charge is 0.382 e. The molecule has 0 bridgehead atoms. The fraction of sp³-hybridized carbons (Fsp3) is 0.650. The van der Waals surface area contributed by atoms with Gasteiger partial charge in [0, 0.05) is 42.0 Å². The predicted molar refractivity (Wildman–Crippen MR) is 112 cm³/mol. The standard InChI is InChI=1S/C20H31N5O5/c1-13(9-26-3)7-8-24(2)18-15-19(22-11-21-18)25(12-23-15)20-17(29-6)16(28-5)14(30-20)10-27-4/h7,11-12,14,16-17,20H,8-10H2,1-6H3/b13-7+/t14-,16?,17?,20-/m0/s1. The smallest absolute Gasteiger partial charge is 0.167 e. The maximum atomic E-state index is 6.22. The van der Waals surface area contributed by atoms with Crippen molar-refractivity contribution in [2.45, 2.75) is 31.5 Å². The number of nitrogens with zero attached hydrogens (tertiary/aromatic N) is 5. The molecule has 2 aromatic rings. The minimum Gasteiger partial charge on any atom is -0.382 e. The van der Waals surface area contributed by atoms with Crippen LogP contribution in [0.3, 0.4) is 0 Å². The summed E-state index contributed by atoms with van der Waals surface area (Å²) < 4.78 is 29.9. The Bertz CT molecular complexity index is 857. The third-order valence-corrected chi connectivity index (χ3v) is 5.22. The summed E-state index contributed by atoms with van der Waals surface area (Å²) in [4.78, 5) is 15.5. The van der Waals surface area contributed by atoms with Crippen molar-refractivity contribution in [1.29, 1.82) is 0 Å². The highest BCUT2D eigenvalue weighted by atomic mass is 16.6. The second kappa shape index (κ2) is 10.3. The van der Waals surface area contributed by atoms with Gasteiger partial charge in [-0.15, -0.1) is 0 Å². The van der Waals surface area contributed by atoms with E-state index >= 15 is 0 Å². The molecule has 1 saturated heterocycles. The minimum atomic E-state index is -0.443. The van der Waals surface area contributed by atoms with Crippen LogP contribution in [0.2, 0.25) is 0 Å². The first kappa shape index (κ1) is 22.6. The Hall–Kier alpha value is -2.11. The summed E-state index contributed by atoms with van der Waals surface area (Å²) in [6.45, 7) is 3.71. The first-order valence-corrected chi connectivity index (χ1v) is 9.78. The van der Waals surface area contributed by atoms with Gasteiger partial charge in [0.15, 0.2) is 23.2 Å². The summed E-state index contributed by atoms with van der Waals surface area (Å²) in [5, 5.41) is 0. The van der Waals surface area contributed by atoms with Gasteiger partial charge in [-0.3, -0.25) is 4.57 Å². The maximum Gasteiger partial charge on any atom is 0.167 e. The number of anilines is 1. The third kappa shape index (κ3) is 4.47. The molecule has 10 heteroatoms. The van der Waals surface area contributed by atoms with Crippen molar-refractivity contribution in [1.82, 2.24) is 19.5 Å². The van der Waals surface area contributed by atoms with Crippen LogP contribution >= 0.6 is 0 Å². The molecule has 10 nitrogen and oxygen atoms in total. The van der Waals surface area contributed by atoms with Crippen molar-refractivity contribution in [3.8, 4) is 0 Å². The van der Waals surface area contributed by atoms with Gasteiger partial charge >= 0.3 is 0 Å². The van der Waals surface area contributed by atoms with Crippen LogP contribution in [0, 0.1) is 0 Å². The normalized spacial score (nSPS) is 24.7. The Kier molecular flexibility index (Phi) is 7.73. The van der Waals surface area contributed by atoms with Gasteiger partial charge in [-0.2, -0.15) is 0 Å². The van der Waals surface area contributed by atoms with Crippen molar-refractivity contribution in [2.24, 2.45) is 0 Å². The zero-order chi connectivity index (χ0) is 21.7. The molecule has 2 aromatic heterocycles. The molecule has 0 aliphatic carbocycles. The number of hydrogen-bond acceptors (Lipinski definition) is 9. The van der Waals surface area contributed by atoms with Crippen molar-refractivity contribution in [2.75, 3.05) is 60.1 Å². The molecule has 1 fully saturated rings. The average Bonchev–Trinajstić information content (AvgIpc) is 3.32. The lowest BCUT2D eigenvalue weighted by Crippen LogP contribution is -2.36. The molecule has 1 aliphatic rings. The number of hydrogen-bond donors (Lipinski definition) is 0. The first-order valence-electron chi connectivity index (χ1n) is 9.78. The van der Waals surface area contributed by atoms with Gasteiger partial charge in [-0.05, 0) is 6.92 Å². The van der Waals surface area contributed by atoms with E-state index in [1.807, 2.05) is 23.4 Å². The highest BCUT2D eigenvalue weighted by Crippen LogP contribution is 2.35. The van der Waals surface area contributed by atoms with Gasteiger partial charge in [0.05, 0.1) is 19.5 Å². The van der Waals surface area contributed by atoms with E-state index < -0.39 is 6.23 Å². The highest BCUT2D eigenvalue weighted by molar-refractivity contribution is 5.83. The van der Waals surface area contributed by atoms with Crippen LogP contribution in [0.25, 0.3) is 11.2 Å². The molecule has 166 valence electrons. The number of fused-ring (bicyclic) bond motifs is 1. The van der Waals surface area contributed by atoms with Crippen LogP contribution in [0.4, 0.5) is 5.82 Å². The lowest BCUT2D eigenvalue weighted by Gasteiger charge is -2.22. The Labute approximate surface area is 176 Å². The molecule has 30 heavy (non-hydrogen) atoms. The molecule has 0 radical (unpaired) electrons. The summed E-state index contributed by atoms with van der Waals surface area (Å²) in [7, 11) is 8.58. The first-order chi connectivity index (χ1) is 14.5. The average molecular weight is 421 g/mol. The zero-order valence-electron chi connectivity index (χ0n) is 18.4. The number of ether oxygens (including phenoxy) is 5. The van der Waals surface area contributed by atoms with Gasteiger partial charge in [-0.1, -0.05) is 11.6 Å². The maximum absolute atomic E-state index is 6.22. The van der Waals surface area contributed by atoms with Crippen LogP contribution in [-0.4, -0.2) is 93.1 Å². The summed E-state index contributed by atoms with van der Waals surface area (Å²) in [5.74, 6) is 0.740. The van der Waals surface area contributed by atoms with E-state index in [0.717, 1.165) is 11.4 Å². The van der Waals surface area contributed by atoms with E-state index in [0.29, 0.717) is 30.9 Å². The van der Waals surface area contributed by atoms with Crippen LogP contribution in [0.1, 0.15) is 13.2 Å². The van der Waals surface area contributed by atoms with E-state index in [2.05, 4.69) is 21.0 Å². The number of methoxy groups -OCH3 is 4. The lowest BCUT2D eigenvalue weighted by molar-refractivity contribution is -0.0636. The molecule has 0 N–H and O–H groups in total. The van der Waals surface area contributed by atoms with E-state index in [4.69, 9.17) is 23.7 Å². The van der Waals surface area contributed by atoms with Gasteiger partial charge in [-0.25, -0.2) is 15.0 Å². The summed E-state index contributed by atoms with van der Waals surface area (Å²) in [6.07, 6.45) is 4.05. The topological polar surface area (TPSA) is 93.0 Å². The molecule has 1 aliphatic heterocycles. The quantitative estimate of drug-likeness (QED) is 0.528. The van der Waals surface area contributed by atoms with Crippen molar-refractivity contribution in [3.63, 3.8) is 0 Å². The predicted octanol–water partition coefficient (Wildman–Crippen LogP) is 1.43. The van der Waals surface area contributed by atoms with Crippen molar-refractivity contribution < 1.29 is 23.7 Å².